The van der Waals surface area contributed by atoms with Gasteiger partial charge in [0.1, 0.15) is 5.69 Å². The van der Waals surface area contributed by atoms with Gasteiger partial charge in [0.05, 0.1) is 7.11 Å². The third-order valence-electron chi connectivity index (χ3n) is 6.12. The first kappa shape index (κ1) is 27.7. The zero-order chi connectivity index (χ0) is 23.9. The Morgan fingerprint density at radius 2 is 1.39 bits per heavy atom. The number of aromatic amines is 1. The number of hydrogen-bond acceptors (Lipinski definition) is 3. The molecule has 1 saturated carbocycles. The monoisotopic (exact) mass is 435 g/mol. The maximum absolute atomic E-state index is 11.1. The quantitative estimate of drug-likeness (QED) is 0.496. The van der Waals surface area contributed by atoms with Crippen molar-refractivity contribution in [2.45, 2.75) is 94.4 Å². The van der Waals surface area contributed by atoms with Crippen molar-refractivity contribution in [3.05, 3.63) is 23.5 Å². The van der Waals surface area contributed by atoms with Crippen molar-refractivity contribution in [1.29, 1.82) is 0 Å². The summed E-state index contributed by atoms with van der Waals surface area (Å²) in [5, 5.41) is 0. The molecule has 0 amide bonds. The fraction of sp³-hybridized carbons (Fsp3) is 0.815. The summed E-state index contributed by atoms with van der Waals surface area (Å²) in [5.41, 5.74) is 2.91. The molecule has 1 N–H and O–H groups in total. The molecule has 2 fully saturated rings. The Kier molecular flexibility index (Phi) is 10.3. The molecule has 1 saturated heterocycles. The van der Waals surface area contributed by atoms with Crippen LogP contribution in [0.15, 0.2) is 12.1 Å². The third kappa shape index (κ3) is 11.8. The molecule has 1 aliphatic heterocycles. The normalized spacial score (nSPS) is 17.7. The van der Waals surface area contributed by atoms with Gasteiger partial charge in [0, 0.05) is 18.9 Å². The van der Waals surface area contributed by atoms with Crippen molar-refractivity contribution in [2.24, 2.45) is 28.1 Å². The van der Waals surface area contributed by atoms with Crippen LogP contribution in [0.1, 0.15) is 104 Å². The number of nitrogens with one attached hydrogen (secondary N) is 1. The number of ether oxygens (including phenoxy) is 2. The van der Waals surface area contributed by atoms with E-state index >= 15 is 0 Å². The fourth-order valence-electron chi connectivity index (χ4n) is 3.86. The summed E-state index contributed by atoms with van der Waals surface area (Å²) in [4.78, 5) is 14.2. The van der Waals surface area contributed by atoms with Crippen molar-refractivity contribution in [3.63, 3.8) is 0 Å². The highest BCUT2D eigenvalue weighted by atomic mass is 16.5. The zero-order valence-corrected chi connectivity index (χ0v) is 22.0. The van der Waals surface area contributed by atoms with Gasteiger partial charge in [-0.15, -0.1) is 0 Å². The molecule has 0 radical (unpaired) electrons. The van der Waals surface area contributed by atoms with Crippen LogP contribution < -0.4 is 0 Å². The topological polar surface area (TPSA) is 51.3 Å². The van der Waals surface area contributed by atoms with Gasteiger partial charge in [-0.05, 0) is 72.3 Å². The average Bonchev–Trinajstić information content (AvgIpc) is 3.42. The molecule has 31 heavy (non-hydrogen) atoms. The Balaban J connectivity index is 0.000000247. The average molecular weight is 436 g/mol. The van der Waals surface area contributed by atoms with Crippen LogP contribution >= 0.6 is 0 Å². The predicted octanol–water partition coefficient (Wildman–Crippen LogP) is 7.29. The minimum absolute atomic E-state index is 0.220. The Morgan fingerprint density at radius 1 is 0.903 bits per heavy atom. The minimum Gasteiger partial charge on any atom is -0.464 e. The van der Waals surface area contributed by atoms with Gasteiger partial charge in [0.15, 0.2) is 0 Å². The second-order valence-corrected chi connectivity index (χ2v) is 12.5. The molecule has 2 aliphatic rings. The van der Waals surface area contributed by atoms with Crippen LogP contribution in [0.4, 0.5) is 0 Å². The number of carbonyl (C=O) groups excluding carboxylic acids is 1. The second kappa shape index (κ2) is 11.5. The van der Waals surface area contributed by atoms with Crippen molar-refractivity contribution in [2.75, 3.05) is 20.3 Å². The van der Waals surface area contributed by atoms with Gasteiger partial charge < -0.3 is 14.5 Å². The van der Waals surface area contributed by atoms with Crippen LogP contribution in [0.2, 0.25) is 0 Å². The number of esters is 1. The standard InChI is InChI=1S/C11H17NO2.C9H18O.C7H14/c1-11(2,3)7-8-5-6-9(12-8)10(13)14-4;1-9(2,3)8-4-6-10-7-5-8;1-7(2,3)6-4-5-6/h5-6,12H,7H2,1-4H3;8H,4-7H2,1-3H3;6H,4-5H2,1-3H3. The first-order chi connectivity index (χ1) is 14.1. The Bertz CT molecular complexity index is 645. The summed E-state index contributed by atoms with van der Waals surface area (Å²) >= 11 is 0. The molecule has 0 spiro atoms. The van der Waals surface area contributed by atoms with Crippen LogP contribution in [0, 0.1) is 28.1 Å². The molecule has 4 nitrogen and oxygen atoms in total. The molecule has 3 rings (SSSR count). The van der Waals surface area contributed by atoms with Crippen molar-refractivity contribution >= 4 is 5.97 Å². The molecular formula is C27H49NO3. The summed E-state index contributed by atoms with van der Waals surface area (Å²) in [6, 6.07) is 3.68. The summed E-state index contributed by atoms with van der Waals surface area (Å²) < 4.78 is 9.90. The van der Waals surface area contributed by atoms with E-state index in [-0.39, 0.29) is 11.4 Å². The highest BCUT2D eigenvalue weighted by Crippen LogP contribution is 2.44. The van der Waals surface area contributed by atoms with E-state index in [1.807, 2.05) is 6.07 Å². The lowest BCUT2D eigenvalue weighted by molar-refractivity contribution is 0.0286. The molecule has 1 aromatic heterocycles. The van der Waals surface area contributed by atoms with Crippen molar-refractivity contribution < 1.29 is 14.3 Å². The lowest BCUT2D eigenvalue weighted by atomic mass is 9.76. The van der Waals surface area contributed by atoms with E-state index in [2.05, 4.69) is 72.0 Å². The number of methoxy groups -OCH3 is 1. The Morgan fingerprint density at radius 3 is 1.71 bits per heavy atom. The van der Waals surface area contributed by atoms with Gasteiger partial charge in [0.2, 0.25) is 0 Å². The fourth-order valence-corrected chi connectivity index (χ4v) is 3.86. The molecule has 0 atom stereocenters. The lowest BCUT2D eigenvalue weighted by Gasteiger charge is -2.33. The number of aromatic nitrogens is 1. The van der Waals surface area contributed by atoms with Gasteiger partial charge in [-0.3, -0.25) is 0 Å². The molecule has 4 heteroatoms. The highest BCUT2D eigenvalue weighted by Gasteiger charge is 2.33. The van der Waals surface area contributed by atoms with E-state index in [1.54, 1.807) is 6.07 Å². The van der Waals surface area contributed by atoms with Crippen LogP contribution in [-0.2, 0) is 15.9 Å². The van der Waals surface area contributed by atoms with Gasteiger partial charge in [-0.2, -0.15) is 0 Å². The molecule has 2 heterocycles. The maximum Gasteiger partial charge on any atom is 0.354 e. The van der Waals surface area contributed by atoms with E-state index < -0.39 is 0 Å². The summed E-state index contributed by atoms with van der Waals surface area (Å²) in [7, 11) is 1.38. The molecule has 1 aliphatic carbocycles. The van der Waals surface area contributed by atoms with Crippen LogP contribution in [0.3, 0.4) is 0 Å². The smallest absolute Gasteiger partial charge is 0.354 e. The van der Waals surface area contributed by atoms with E-state index in [0.29, 0.717) is 16.5 Å². The Hall–Kier alpha value is -1.29. The number of rotatable bonds is 2. The van der Waals surface area contributed by atoms with Gasteiger partial charge in [0.25, 0.3) is 0 Å². The number of carbonyl (C=O) groups is 1. The summed E-state index contributed by atoms with van der Waals surface area (Å²) in [6.07, 6.45) is 6.38. The van der Waals surface area contributed by atoms with Crippen molar-refractivity contribution in [1.82, 2.24) is 4.98 Å². The predicted molar refractivity (Wildman–Crippen MR) is 130 cm³/mol. The molecule has 0 bridgehead atoms. The van der Waals surface area contributed by atoms with E-state index in [0.717, 1.165) is 37.2 Å². The lowest BCUT2D eigenvalue weighted by Crippen LogP contribution is -2.27. The summed E-state index contributed by atoms with van der Waals surface area (Å²) in [5.74, 6) is 1.61. The van der Waals surface area contributed by atoms with Crippen LogP contribution in [0.25, 0.3) is 0 Å². The molecule has 0 unspecified atom stereocenters. The van der Waals surface area contributed by atoms with E-state index in [4.69, 9.17) is 4.74 Å². The van der Waals surface area contributed by atoms with Crippen molar-refractivity contribution in [3.8, 4) is 0 Å². The van der Waals surface area contributed by atoms with Gasteiger partial charge in [-0.1, -0.05) is 62.3 Å². The molecule has 180 valence electrons. The van der Waals surface area contributed by atoms with E-state index in [1.165, 1.54) is 32.8 Å². The molecular weight excluding hydrogens is 386 g/mol. The minimum atomic E-state index is -0.315. The Labute approximate surface area is 191 Å². The number of hydrogen-bond donors (Lipinski definition) is 1. The first-order valence-corrected chi connectivity index (χ1v) is 12.0. The van der Waals surface area contributed by atoms with Crippen LogP contribution in [-0.4, -0.2) is 31.3 Å². The first-order valence-electron chi connectivity index (χ1n) is 12.0. The second-order valence-electron chi connectivity index (χ2n) is 12.5. The van der Waals surface area contributed by atoms with Crippen LogP contribution in [0.5, 0.6) is 0 Å². The molecule has 1 aromatic rings. The summed E-state index contributed by atoms with van der Waals surface area (Å²) in [6.45, 7) is 22.4. The van der Waals surface area contributed by atoms with E-state index in [9.17, 15) is 4.79 Å². The zero-order valence-electron chi connectivity index (χ0n) is 22.0. The largest absolute Gasteiger partial charge is 0.464 e. The van der Waals surface area contributed by atoms with Gasteiger partial charge in [-0.25, -0.2) is 4.79 Å². The van der Waals surface area contributed by atoms with Gasteiger partial charge >= 0.3 is 5.97 Å². The maximum atomic E-state index is 11.1. The SMILES string of the molecule is CC(C)(C)C1CC1.CC(C)(C)C1CCOCC1.COC(=O)c1ccc(CC(C)(C)C)[nH]1. The molecule has 0 aromatic carbocycles. The third-order valence-corrected chi connectivity index (χ3v) is 6.12. The number of H-pyrrole nitrogens is 1. The highest BCUT2D eigenvalue weighted by molar-refractivity contribution is 5.87.